The molecule has 1 heterocycles. The molecule has 1 aliphatic heterocycles. The normalized spacial score (nSPS) is 17.7. The number of nitrogens with one attached hydrogen (secondary N) is 1. The monoisotopic (exact) mass is 476 g/mol. The van der Waals surface area contributed by atoms with Crippen molar-refractivity contribution in [2.75, 3.05) is 32.8 Å². The number of benzene rings is 3. The van der Waals surface area contributed by atoms with Crippen LogP contribution in [0.2, 0.25) is 0 Å². The van der Waals surface area contributed by atoms with Gasteiger partial charge in [0.2, 0.25) is 5.91 Å². The highest BCUT2D eigenvalue weighted by atomic mass is 16.5. The Balaban J connectivity index is 1.45. The fourth-order valence-electron chi connectivity index (χ4n) is 4.05. The van der Waals surface area contributed by atoms with E-state index in [1.807, 2.05) is 36.4 Å². The van der Waals surface area contributed by atoms with E-state index in [2.05, 4.69) is 5.32 Å². The van der Waals surface area contributed by atoms with E-state index >= 15 is 0 Å². The molecule has 2 atom stereocenters. The van der Waals surface area contributed by atoms with Crippen LogP contribution in [0.25, 0.3) is 0 Å². The average molecular weight is 477 g/mol. The van der Waals surface area contributed by atoms with E-state index < -0.39 is 12.1 Å². The zero-order chi connectivity index (χ0) is 24.8. The summed E-state index contributed by atoms with van der Waals surface area (Å²) >= 11 is 0. The van der Waals surface area contributed by atoms with Crippen LogP contribution in [0.3, 0.4) is 0 Å². The molecule has 2 amide bonds. The van der Waals surface area contributed by atoms with Gasteiger partial charge in [-0.15, -0.1) is 0 Å². The van der Waals surface area contributed by atoms with Crippen molar-refractivity contribution < 1.29 is 28.9 Å². The molecule has 4 rings (SSSR count). The Kier molecular flexibility index (Phi) is 7.64. The Morgan fingerprint density at radius 3 is 2.14 bits per heavy atom. The molecule has 35 heavy (non-hydrogen) atoms. The molecule has 182 valence electrons. The molecule has 1 aliphatic rings. The molecule has 1 fully saturated rings. The molecule has 0 unspecified atom stereocenters. The molecule has 2 N–H and O–H groups in total. The minimum absolute atomic E-state index is 0.0761. The van der Waals surface area contributed by atoms with Crippen molar-refractivity contribution in [2.24, 2.45) is 0 Å². The number of hydrogen-bond acceptors (Lipinski definition) is 6. The standard InChI is InChI=1S/C27H28N2O6/c1-33-22-11-3-18(4-12-22)15-29-24(16-30)26(35-17-25(29)31)19-5-9-21(10-6-19)28-27(32)20-7-13-23(34-2)14-8-20/h3-14,24,26,30H,15-17H2,1-2H3,(H,28,32)/t24-,26-/m1/s1. The number of morpholine rings is 1. The minimum Gasteiger partial charge on any atom is -0.497 e. The lowest BCUT2D eigenvalue weighted by molar-refractivity contribution is -0.162. The first kappa shape index (κ1) is 24.3. The maximum atomic E-state index is 12.6. The predicted octanol–water partition coefficient (Wildman–Crippen LogP) is 3.42. The summed E-state index contributed by atoms with van der Waals surface area (Å²) in [6.45, 7) is 0.0275. The fourth-order valence-corrected chi connectivity index (χ4v) is 4.05. The van der Waals surface area contributed by atoms with Crippen molar-refractivity contribution in [3.05, 3.63) is 89.5 Å². The number of carbonyl (C=O) groups is 2. The van der Waals surface area contributed by atoms with Crippen LogP contribution in [-0.4, -0.2) is 55.3 Å². The van der Waals surface area contributed by atoms with Crippen molar-refractivity contribution in [3.8, 4) is 11.5 Å². The number of aliphatic hydroxyl groups excluding tert-OH is 1. The van der Waals surface area contributed by atoms with Crippen LogP contribution in [-0.2, 0) is 16.1 Å². The van der Waals surface area contributed by atoms with Gasteiger partial charge in [0, 0.05) is 17.8 Å². The lowest BCUT2D eigenvalue weighted by Gasteiger charge is -2.40. The van der Waals surface area contributed by atoms with E-state index in [1.54, 1.807) is 55.5 Å². The Morgan fingerprint density at radius 1 is 0.971 bits per heavy atom. The topological polar surface area (TPSA) is 97.3 Å². The molecule has 0 radical (unpaired) electrons. The van der Waals surface area contributed by atoms with Crippen LogP contribution >= 0.6 is 0 Å². The van der Waals surface area contributed by atoms with Crippen molar-refractivity contribution in [1.29, 1.82) is 0 Å². The second kappa shape index (κ2) is 11.0. The van der Waals surface area contributed by atoms with E-state index in [0.717, 1.165) is 16.9 Å². The third-order valence-corrected chi connectivity index (χ3v) is 6.00. The average Bonchev–Trinajstić information content (AvgIpc) is 2.90. The van der Waals surface area contributed by atoms with Gasteiger partial charge in [0.05, 0.1) is 26.9 Å². The third kappa shape index (κ3) is 5.62. The Morgan fingerprint density at radius 2 is 1.57 bits per heavy atom. The molecule has 0 saturated carbocycles. The Bertz CT molecular complexity index is 1150. The van der Waals surface area contributed by atoms with E-state index in [0.29, 0.717) is 23.5 Å². The zero-order valence-electron chi connectivity index (χ0n) is 19.6. The molecule has 0 aliphatic carbocycles. The van der Waals surface area contributed by atoms with Crippen LogP contribution in [0.5, 0.6) is 11.5 Å². The van der Waals surface area contributed by atoms with E-state index in [9.17, 15) is 14.7 Å². The summed E-state index contributed by atoms with van der Waals surface area (Å²) in [6, 6.07) is 21.0. The lowest BCUT2D eigenvalue weighted by atomic mass is 9.98. The van der Waals surface area contributed by atoms with Gasteiger partial charge in [-0.2, -0.15) is 0 Å². The second-order valence-corrected chi connectivity index (χ2v) is 8.16. The number of nitrogens with zero attached hydrogens (tertiary/aromatic N) is 1. The van der Waals surface area contributed by atoms with Gasteiger partial charge in [0.25, 0.3) is 5.91 Å². The SMILES string of the molecule is COc1ccc(CN2C(=O)CO[C@H](c3ccc(NC(=O)c4ccc(OC)cc4)cc3)[C@H]2CO)cc1. The summed E-state index contributed by atoms with van der Waals surface area (Å²) in [4.78, 5) is 26.8. The van der Waals surface area contributed by atoms with Crippen molar-refractivity contribution >= 4 is 17.5 Å². The highest BCUT2D eigenvalue weighted by Gasteiger charge is 2.37. The van der Waals surface area contributed by atoms with Gasteiger partial charge in [0.15, 0.2) is 0 Å². The fraction of sp³-hybridized carbons (Fsp3) is 0.259. The van der Waals surface area contributed by atoms with E-state index in [4.69, 9.17) is 14.2 Å². The first-order valence-electron chi connectivity index (χ1n) is 11.2. The predicted molar refractivity (Wildman–Crippen MR) is 130 cm³/mol. The zero-order valence-corrected chi connectivity index (χ0v) is 19.6. The highest BCUT2D eigenvalue weighted by Crippen LogP contribution is 2.31. The van der Waals surface area contributed by atoms with Crippen molar-refractivity contribution in [2.45, 2.75) is 18.7 Å². The minimum atomic E-state index is -0.543. The summed E-state index contributed by atoms with van der Waals surface area (Å²) in [5.41, 5.74) is 2.86. The second-order valence-electron chi connectivity index (χ2n) is 8.16. The van der Waals surface area contributed by atoms with Crippen LogP contribution in [0, 0.1) is 0 Å². The number of carbonyl (C=O) groups excluding carboxylic acids is 2. The van der Waals surface area contributed by atoms with Crippen LogP contribution in [0.15, 0.2) is 72.8 Å². The van der Waals surface area contributed by atoms with Crippen LogP contribution in [0.1, 0.15) is 27.6 Å². The molecule has 0 aromatic heterocycles. The molecule has 0 bridgehead atoms. The summed E-state index contributed by atoms with van der Waals surface area (Å²) in [5.74, 6) is 0.993. The summed E-state index contributed by atoms with van der Waals surface area (Å²) in [5, 5.41) is 13.0. The number of ether oxygens (including phenoxy) is 3. The van der Waals surface area contributed by atoms with Gasteiger partial charge < -0.3 is 29.5 Å². The van der Waals surface area contributed by atoms with Gasteiger partial charge in [-0.1, -0.05) is 24.3 Å². The number of aliphatic hydroxyl groups is 1. The van der Waals surface area contributed by atoms with Gasteiger partial charge in [0.1, 0.15) is 24.2 Å². The Hall–Kier alpha value is -3.88. The smallest absolute Gasteiger partial charge is 0.255 e. The molecule has 1 saturated heterocycles. The first-order valence-corrected chi connectivity index (χ1v) is 11.2. The number of anilines is 1. The first-order chi connectivity index (χ1) is 17.0. The number of hydrogen-bond donors (Lipinski definition) is 2. The summed E-state index contributed by atoms with van der Waals surface area (Å²) < 4.78 is 16.1. The van der Waals surface area contributed by atoms with Crippen molar-refractivity contribution in [3.63, 3.8) is 0 Å². The number of amides is 2. The maximum absolute atomic E-state index is 12.6. The molecular weight excluding hydrogens is 448 g/mol. The van der Waals surface area contributed by atoms with E-state index in [-0.39, 0.29) is 25.0 Å². The molecule has 0 spiro atoms. The quantitative estimate of drug-likeness (QED) is 0.517. The maximum Gasteiger partial charge on any atom is 0.255 e. The summed E-state index contributed by atoms with van der Waals surface area (Å²) in [7, 11) is 3.17. The van der Waals surface area contributed by atoms with Gasteiger partial charge in [-0.05, 0) is 59.7 Å². The largest absolute Gasteiger partial charge is 0.497 e. The number of rotatable bonds is 8. The molecule has 3 aromatic rings. The summed E-state index contributed by atoms with van der Waals surface area (Å²) in [6.07, 6.45) is -0.498. The Labute approximate surface area is 204 Å². The highest BCUT2D eigenvalue weighted by molar-refractivity contribution is 6.04. The third-order valence-electron chi connectivity index (χ3n) is 6.00. The van der Waals surface area contributed by atoms with Crippen molar-refractivity contribution in [1.82, 2.24) is 4.90 Å². The molecule has 3 aromatic carbocycles. The van der Waals surface area contributed by atoms with Gasteiger partial charge in [-0.25, -0.2) is 0 Å². The van der Waals surface area contributed by atoms with E-state index in [1.165, 1.54) is 0 Å². The number of methoxy groups -OCH3 is 2. The van der Waals surface area contributed by atoms with Crippen LogP contribution < -0.4 is 14.8 Å². The van der Waals surface area contributed by atoms with Crippen LogP contribution in [0.4, 0.5) is 5.69 Å². The molecule has 8 nitrogen and oxygen atoms in total. The van der Waals surface area contributed by atoms with Gasteiger partial charge in [-0.3, -0.25) is 9.59 Å². The lowest BCUT2D eigenvalue weighted by Crippen LogP contribution is -2.52. The molecular formula is C27H28N2O6. The van der Waals surface area contributed by atoms with Gasteiger partial charge >= 0.3 is 0 Å². The molecule has 8 heteroatoms.